The van der Waals surface area contributed by atoms with Gasteiger partial charge in [0.25, 0.3) is 0 Å². The van der Waals surface area contributed by atoms with E-state index in [1.165, 1.54) is 6.92 Å². The highest BCUT2D eigenvalue weighted by Gasteiger charge is 2.18. The van der Waals surface area contributed by atoms with Crippen LogP contribution in [0, 0.1) is 11.3 Å². The Morgan fingerprint density at radius 1 is 1.38 bits per heavy atom. The first-order chi connectivity index (χ1) is 5.97. The predicted molar refractivity (Wildman–Crippen MR) is 41.9 cm³/mol. The van der Waals surface area contributed by atoms with Crippen molar-refractivity contribution in [1.82, 2.24) is 4.90 Å². The van der Waals surface area contributed by atoms with Gasteiger partial charge in [0.05, 0.1) is 25.2 Å². The summed E-state index contributed by atoms with van der Waals surface area (Å²) in [6, 6.07) is 1.06. The van der Waals surface area contributed by atoms with Gasteiger partial charge in [-0.25, -0.2) is 0 Å². The molecule has 0 aliphatic carbocycles. The first kappa shape index (κ1) is 11.4. The van der Waals surface area contributed by atoms with Crippen molar-refractivity contribution in [3.05, 3.63) is 0 Å². The van der Waals surface area contributed by atoms with E-state index in [0.29, 0.717) is 0 Å². The van der Waals surface area contributed by atoms with Gasteiger partial charge in [0.1, 0.15) is 0 Å². The second kappa shape index (κ2) is 5.11. The SMILES string of the molecule is CC(C#N)N(CC(=O)O)CC(=O)O. The Morgan fingerprint density at radius 2 is 1.77 bits per heavy atom. The van der Waals surface area contributed by atoms with E-state index in [0.717, 1.165) is 4.90 Å². The molecule has 2 N–H and O–H groups in total. The van der Waals surface area contributed by atoms with E-state index in [1.807, 2.05) is 0 Å². The number of aliphatic carboxylic acids is 2. The molecule has 0 radical (unpaired) electrons. The van der Waals surface area contributed by atoms with Crippen LogP contribution in [0.25, 0.3) is 0 Å². The van der Waals surface area contributed by atoms with Gasteiger partial charge in [-0.15, -0.1) is 0 Å². The summed E-state index contributed by atoms with van der Waals surface area (Å²) in [4.78, 5) is 21.6. The van der Waals surface area contributed by atoms with Crippen LogP contribution >= 0.6 is 0 Å². The monoisotopic (exact) mass is 186 g/mol. The summed E-state index contributed by atoms with van der Waals surface area (Å²) in [5.41, 5.74) is 0. The first-order valence-electron chi connectivity index (χ1n) is 3.54. The van der Waals surface area contributed by atoms with Crippen molar-refractivity contribution in [3.63, 3.8) is 0 Å². The minimum atomic E-state index is -1.15. The number of nitrogens with zero attached hydrogens (tertiary/aromatic N) is 2. The van der Waals surface area contributed by atoms with E-state index >= 15 is 0 Å². The van der Waals surface area contributed by atoms with E-state index in [4.69, 9.17) is 15.5 Å². The van der Waals surface area contributed by atoms with E-state index < -0.39 is 31.1 Å². The van der Waals surface area contributed by atoms with Crippen LogP contribution < -0.4 is 0 Å². The average Bonchev–Trinajstić information content (AvgIpc) is 2.00. The Hall–Kier alpha value is -1.61. The zero-order valence-corrected chi connectivity index (χ0v) is 7.10. The smallest absolute Gasteiger partial charge is 0.317 e. The van der Waals surface area contributed by atoms with Crippen molar-refractivity contribution in [2.24, 2.45) is 0 Å². The van der Waals surface area contributed by atoms with Crippen molar-refractivity contribution >= 4 is 11.9 Å². The molecule has 0 aliphatic rings. The maximum absolute atomic E-state index is 10.3. The highest BCUT2D eigenvalue weighted by atomic mass is 16.4. The Balaban J connectivity index is 4.28. The van der Waals surface area contributed by atoms with E-state index in [2.05, 4.69) is 0 Å². The summed E-state index contributed by atoms with van der Waals surface area (Å²) in [5, 5.41) is 25.2. The molecule has 0 heterocycles. The lowest BCUT2D eigenvalue weighted by Crippen LogP contribution is -2.40. The standard InChI is InChI=1S/C7H10N2O4/c1-5(2-8)9(3-6(10)11)4-7(12)13/h5H,3-4H2,1H3,(H,10,11)(H,12,13). The van der Waals surface area contributed by atoms with Crippen molar-refractivity contribution in [2.45, 2.75) is 13.0 Å². The Kier molecular flexibility index (Phi) is 4.48. The third-order valence-electron chi connectivity index (χ3n) is 1.41. The highest BCUT2D eigenvalue weighted by Crippen LogP contribution is 1.96. The van der Waals surface area contributed by atoms with Gasteiger partial charge < -0.3 is 10.2 Å². The number of hydrogen-bond donors (Lipinski definition) is 2. The Bertz CT molecular complexity index is 229. The van der Waals surface area contributed by atoms with Crippen LogP contribution in [-0.2, 0) is 9.59 Å². The number of rotatable bonds is 5. The molecule has 1 atom stereocenters. The van der Waals surface area contributed by atoms with Crippen molar-refractivity contribution < 1.29 is 19.8 Å². The number of carboxylic acid groups (broad SMARTS) is 2. The van der Waals surface area contributed by atoms with Crippen LogP contribution in [0.2, 0.25) is 0 Å². The molecule has 0 rings (SSSR count). The highest BCUT2D eigenvalue weighted by molar-refractivity contribution is 5.72. The fourth-order valence-electron chi connectivity index (χ4n) is 0.759. The van der Waals surface area contributed by atoms with Crippen LogP contribution in [0.3, 0.4) is 0 Å². The van der Waals surface area contributed by atoms with Crippen molar-refractivity contribution in [1.29, 1.82) is 5.26 Å². The fourth-order valence-corrected chi connectivity index (χ4v) is 0.759. The molecule has 0 aliphatic heterocycles. The van der Waals surface area contributed by atoms with Crippen LogP contribution in [0.1, 0.15) is 6.92 Å². The van der Waals surface area contributed by atoms with Gasteiger partial charge in [-0.1, -0.05) is 0 Å². The number of carboxylic acids is 2. The van der Waals surface area contributed by atoms with Crippen molar-refractivity contribution in [3.8, 4) is 6.07 Å². The maximum atomic E-state index is 10.3. The minimum absolute atomic E-state index is 0.443. The van der Waals surface area contributed by atoms with Crippen LogP contribution in [0.15, 0.2) is 0 Å². The summed E-state index contributed by atoms with van der Waals surface area (Å²) in [5.74, 6) is -2.30. The normalized spacial score (nSPS) is 12.1. The third kappa shape index (κ3) is 4.76. The molecule has 1 unspecified atom stereocenters. The lowest BCUT2D eigenvalue weighted by Gasteiger charge is -2.19. The lowest BCUT2D eigenvalue weighted by molar-refractivity contribution is -0.142. The Morgan fingerprint density at radius 3 is 2.00 bits per heavy atom. The van der Waals surface area contributed by atoms with E-state index in [9.17, 15) is 9.59 Å². The molecule has 6 nitrogen and oxygen atoms in total. The topological polar surface area (TPSA) is 102 Å². The van der Waals surface area contributed by atoms with Crippen molar-refractivity contribution in [2.75, 3.05) is 13.1 Å². The van der Waals surface area contributed by atoms with Crippen LogP contribution in [-0.4, -0.2) is 46.2 Å². The molecule has 0 bridgehead atoms. The summed E-state index contributed by atoms with van der Waals surface area (Å²) in [6.45, 7) is 0.563. The number of hydrogen-bond acceptors (Lipinski definition) is 4. The molecular formula is C7H10N2O4. The third-order valence-corrected chi connectivity index (χ3v) is 1.41. The molecule has 0 saturated carbocycles. The molecule has 0 aromatic rings. The maximum Gasteiger partial charge on any atom is 0.317 e. The molecule has 0 saturated heterocycles. The molecular weight excluding hydrogens is 176 g/mol. The first-order valence-corrected chi connectivity index (χ1v) is 3.54. The zero-order valence-electron chi connectivity index (χ0n) is 7.10. The van der Waals surface area contributed by atoms with Gasteiger partial charge in [-0.2, -0.15) is 5.26 Å². The van der Waals surface area contributed by atoms with Gasteiger partial charge in [0.15, 0.2) is 0 Å². The van der Waals surface area contributed by atoms with Gasteiger partial charge >= 0.3 is 11.9 Å². The molecule has 72 valence electrons. The summed E-state index contributed by atoms with van der Waals surface area (Å²) in [7, 11) is 0. The van der Waals surface area contributed by atoms with E-state index in [-0.39, 0.29) is 0 Å². The van der Waals surface area contributed by atoms with Crippen LogP contribution in [0.5, 0.6) is 0 Å². The zero-order chi connectivity index (χ0) is 10.4. The van der Waals surface area contributed by atoms with Gasteiger partial charge in [-0.05, 0) is 6.92 Å². The van der Waals surface area contributed by atoms with Gasteiger partial charge in [0.2, 0.25) is 0 Å². The summed E-state index contributed by atoms with van der Waals surface area (Å²) >= 11 is 0. The van der Waals surface area contributed by atoms with Crippen LogP contribution in [0.4, 0.5) is 0 Å². The predicted octanol–water partition coefficient (Wildman–Crippen LogP) is -0.630. The lowest BCUT2D eigenvalue weighted by atomic mass is 10.3. The molecule has 0 amide bonds. The van der Waals surface area contributed by atoms with E-state index in [1.54, 1.807) is 6.07 Å². The summed E-state index contributed by atoms with van der Waals surface area (Å²) < 4.78 is 0. The molecule has 0 aromatic heterocycles. The molecule has 0 aromatic carbocycles. The minimum Gasteiger partial charge on any atom is -0.480 e. The molecule has 0 fully saturated rings. The van der Waals surface area contributed by atoms with Gasteiger partial charge in [0, 0.05) is 0 Å². The number of nitriles is 1. The molecule has 6 heteroatoms. The largest absolute Gasteiger partial charge is 0.480 e. The quantitative estimate of drug-likeness (QED) is 0.592. The van der Waals surface area contributed by atoms with Gasteiger partial charge in [-0.3, -0.25) is 14.5 Å². The Labute approximate surface area is 75.0 Å². The fraction of sp³-hybridized carbons (Fsp3) is 0.571. The molecule has 13 heavy (non-hydrogen) atoms. The average molecular weight is 186 g/mol. The molecule has 0 spiro atoms. The second-order valence-corrected chi connectivity index (χ2v) is 2.50. The second-order valence-electron chi connectivity index (χ2n) is 2.50. The summed E-state index contributed by atoms with van der Waals surface area (Å²) in [6.07, 6.45) is 0. The number of carbonyl (C=O) groups is 2.